The maximum Gasteiger partial charge on any atom is 0.204 e. The second-order valence-corrected chi connectivity index (χ2v) is 8.63. The monoisotopic (exact) mass is 452 g/mol. The van der Waals surface area contributed by atoms with Gasteiger partial charge in [0.05, 0.1) is 11.4 Å². The minimum atomic E-state index is -1.41. The highest BCUT2D eigenvalue weighted by Gasteiger charge is 2.37. The first-order chi connectivity index (χ1) is 12.7. The summed E-state index contributed by atoms with van der Waals surface area (Å²) in [6, 6.07) is 7.86. The van der Waals surface area contributed by atoms with E-state index in [4.69, 9.17) is 11.5 Å². The summed E-state index contributed by atoms with van der Waals surface area (Å²) in [7, 11) is 0.174. The summed E-state index contributed by atoms with van der Waals surface area (Å²) in [6.45, 7) is 1.69. The van der Waals surface area contributed by atoms with Crippen LogP contribution in [0.4, 0.5) is 10.1 Å². The average molecular weight is 453 g/mol. The number of guanidine groups is 1. The third-order valence-electron chi connectivity index (χ3n) is 4.16. The van der Waals surface area contributed by atoms with Crippen LogP contribution < -0.4 is 11.5 Å². The van der Waals surface area contributed by atoms with Crippen molar-refractivity contribution in [3.05, 3.63) is 58.1 Å². The minimum Gasteiger partial charge on any atom is -0.382 e. The van der Waals surface area contributed by atoms with Crippen LogP contribution in [0.25, 0.3) is 0 Å². The van der Waals surface area contributed by atoms with Gasteiger partial charge < -0.3 is 11.5 Å². The van der Waals surface area contributed by atoms with Crippen LogP contribution in [0.15, 0.2) is 51.0 Å². The van der Waals surface area contributed by atoms with Crippen LogP contribution in [0.5, 0.6) is 0 Å². The smallest absolute Gasteiger partial charge is 0.204 e. The minimum absolute atomic E-state index is 0.0916. The molecule has 0 amide bonds. The average Bonchev–Trinajstić information content (AvgIpc) is 2.61. The molecule has 2 atom stereocenters. The lowest BCUT2D eigenvalue weighted by atomic mass is 9.93. The van der Waals surface area contributed by atoms with Gasteiger partial charge in [-0.3, -0.25) is 9.29 Å². The van der Waals surface area contributed by atoms with Gasteiger partial charge in [0.2, 0.25) is 5.96 Å². The number of amidine groups is 1. The molecule has 0 aliphatic carbocycles. The van der Waals surface area contributed by atoms with Crippen LogP contribution >= 0.6 is 15.9 Å². The third-order valence-corrected chi connectivity index (χ3v) is 6.24. The van der Waals surface area contributed by atoms with Gasteiger partial charge in [-0.15, -0.1) is 0 Å². The highest BCUT2D eigenvalue weighted by atomic mass is 79.9. The van der Waals surface area contributed by atoms with Crippen LogP contribution in [0, 0.1) is 5.82 Å². The van der Waals surface area contributed by atoms with Crippen molar-refractivity contribution < 1.29 is 8.60 Å². The number of aliphatic imine (C=N–C) groups is 2. The number of aromatic nitrogens is 1. The summed E-state index contributed by atoms with van der Waals surface area (Å²) in [5.74, 6) is -0.0815. The van der Waals surface area contributed by atoms with E-state index in [0.29, 0.717) is 11.4 Å². The van der Waals surface area contributed by atoms with Crippen LogP contribution in [0.3, 0.4) is 0 Å². The van der Waals surface area contributed by atoms with Crippen molar-refractivity contribution in [2.24, 2.45) is 21.5 Å². The normalized spacial score (nSPS) is 23.3. The van der Waals surface area contributed by atoms with E-state index >= 15 is 0 Å². The Labute approximate surface area is 167 Å². The van der Waals surface area contributed by atoms with Gasteiger partial charge in [0.15, 0.2) is 0 Å². The van der Waals surface area contributed by atoms with Crippen molar-refractivity contribution >= 4 is 44.4 Å². The largest absolute Gasteiger partial charge is 0.382 e. The Hall–Kier alpha value is -2.33. The van der Waals surface area contributed by atoms with Gasteiger partial charge in [-0.05, 0) is 53.2 Å². The Morgan fingerprint density at radius 2 is 2.15 bits per heavy atom. The van der Waals surface area contributed by atoms with Gasteiger partial charge in [0, 0.05) is 23.3 Å². The Morgan fingerprint density at radius 3 is 2.78 bits per heavy atom. The lowest BCUT2D eigenvalue weighted by Crippen LogP contribution is -2.47. The van der Waals surface area contributed by atoms with E-state index in [1.165, 1.54) is 16.4 Å². The van der Waals surface area contributed by atoms with Crippen molar-refractivity contribution in [1.29, 1.82) is 0 Å². The molecule has 3 rings (SSSR count). The van der Waals surface area contributed by atoms with Gasteiger partial charge in [0.1, 0.15) is 33.9 Å². The lowest BCUT2D eigenvalue weighted by molar-refractivity contribution is 0.482. The predicted octanol–water partition coefficient (Wildman–Crippen LogP) is 2.16. The summed E-state index contributed by atoms with van der Waals surface area (Å²) >= 11 is 3.31. The zero-order chi connectivity index (χ0) is 19.8. The quantitative estimate of drug-likeness (QED) is 0.548. The fraction of sp³-hybridized carbons (Fsp3) is 0.235. The number of benzene rings is 1. The molecule has 27 heavy (non-hydrogen) atoms. The molecule has 10 heteroatoms. The molecule has 0 fully saturated rings. The van der Waals surface area contributed by atoms with E-state index in [1.807, 2.05) is 0 Å². The van der Waals surface area contributed by atoms with Crippen molar-refractivity contribution in [3.63, 3.8) is 0 Å². The van der Waals surface area contributed by atoms with Crippen molar-refractivity contribution in [3.8, 4) is 0 Å². The first kappa shape index (κ1) is 19.4. The fourth-order valence-corrected chi connectivity index (χ4v) is 4.03. The number of nitrogens with zero attached hydrogens (tertiary/aromatic N) is 4. The summed E-state index contributed by atoms with van der Waals surface area (Å²) in [6.07, 6.45) is 1.61. The zero-order valence-electron chi connectivity index (χ0n) is 14.7. The Balaban J connectivity index is 2.01. The maximum absolute atomic E-state index is 14.5. The molecule has 7 nitrogen and oxygen atoms in total. The highest BCUT2D eigenvalue weighted by Crippen LogP contribution is 2.34. The van der Waals surface area contributed by atoms with E-state index in [0.717, 1.165) is 4.47 Å². The molecule has 0 spiro atoms. The standard InChI is InChI=1S/C17H18BrFN6OS/c1-17(9-27(26)25(2)16(21)24-17)12-7-11(4-5-13(12)19)23-15(20)14-6-3-10(18)8-22-14/h3-8H,9H2,1-2H3,(H2,20,23)(H2,21,24)/t17-,27?/m0/s1. The number of nitrogens with two attached hydrogens (primary N) is 2. The van der Waals surface area contributed by atoms with E-state index in [2.05, 4.69) is 30.9 Å². The van der Waals surface area contributed by atoms with E-state index in [1.54, 1.807) is 38.4 Å². The number of rotatable bonds is 3. The molecule has 1 unspecified atom stereocenters. The third kappa shape index (κ3) is 4.01. The molecular formula is C17H18BrFN6OS. The van der Waals surface area contributed by atoms with Crippen LogP contribution in [0.2, 0.25) is 0 Å². The van der Waals surface area contributed by atoms with Gasteiger partial charge in [-0.1, -0.05) is 0 Å². The summed E-state index contributed by atoms with van der Waals surface area (Å²) < 4.78 is 29.0. The van der Waals surface area contributed by atoms with Crippen molar-refractivity contribution in [1.82, 2.24) is 9.29 Å². The summed E-state index contributed by atoms with van der Waals surface area (Å²) in [4.78, 5) is 12.9. The number of hydrogen-bond acceptors (Lipinski definition) is 5. The van der Waals surface area contributed by atoms with Gasteiger partial charge in [-0.25, -0.2) is 18.6 Å². The predicted molar refractivity (Wildman–Crippen MR) is 108 cm³/mol. The molecule has 1 aliphatic heterocycles. The topological polar surface area (TPSA) is 110 Å². The Morgan fingerprint density at radius 1 is 1.41 bits per heavy atom. The van der Waals surface area contributed by atoms with Crippen LogP contribution in [-0.2, 0) is 16.5 Å². The second kappa shape index (κ2) is 7.35. The molecule has 0 bridgehead atoms. The summed E-state index contributed by atoms with van der Waals surface area (Å²) in [5.41, 5.74) is 12.0. The Bertz CT molecular complexity index is 964. The van der Waals surface area contributed by atoms with E-state index in [-0.39, 0.29) is 23.1 Å². The molecule has 1 aromatic heterocycles. The molecule has 1 aromatic carbocycles. The molecule has 4 N–H and O–H groups in total. The second-order valence-electron chi connectivity index (χ2n) is 6.23. The molecule has 2 aromatic rings. The van der Waals surface area contributed by atoms with E-state index < -0.39 is 22.3 Å². The number of pyridine rings is 1. The van der Waals surface area contributed by atoms with Crippen LogP contribution in [0.1, 0.15) is 18.2 Å². The van der Waals surface area contributed by atoms with Crippen LogP contribution in [-0.4, -0.2) is 38.1 Å². The van der Waals surface area contributed by atoms with Gasteiger partial charge >= 0.3 is 0 Å². The number of hydrogen-bond donors (Lipinski definition) is 2. The molecule has 0 saturated carbocycles. The van der Waals surface area contributed by atoms with E-state index in [9.17, 15) is 8.60 Å². The molecule has 0 radical (unpaired) electrons. The first-order valence-corrected chi connectivity index (χ1v) is 10.0. The SMILES string of the molecule is CN1C(N)=N[C@](C)(c2cc(N=C(N)c3ccc(Br)cn3)ccc2F)CS1=O. The molecule has 2 heterocycles. The fourth-order valence-electron chi connectivity index (χ4n) is 2.65. The Kier molecular flexibility index (Phi) is 5.29. The first-order valence-electron chi connectivity index (χ1n) is 7.93. The molecule has 1 aliphatic rings. The molecule has 0 saturated heterocycles. The summed E-state index contributed by atoms with van der Waals surface area (Å²) in [5, 5.41) is 0. The number of halogens is 2. The molecular weight excluding hydrogens is 435 g/mol. The van der Waals surface area contributed by atoms with Crippen molar-refractivity contribution in [2.75, 3.05) is 12.8 Å². The van der Waals surface area contributed by atoms with Crippen molar-refractivity contribution in [2.45, 2.75) is 12.5 Å². The zero-order valence-corrected chi connectivity index (χ0v) is 17.1. The highest BCUT2D eigenvalue weighted by molar-refractivity contribution is 9.10. The lowest BCUT2D eigenvalue weighted by Gasteiger charge is -2.34. The molecule has 142 valence electrons. The van der Waals surface area contributed by atoms with Gasteiger partial charge in [0.25, 0.3) is 0 Å². The maximum atomic E-state index is 14.5. The van der Waals surface area contributed by atoms with Gasteiger partial charge in [-0.2, -0.15) is 0 Å².